The van der Waals surface area contributed by atoms with Crippen molar-refractivity contribution in [3.63, 3.8) is 0 Å². The van der Waals surface area contributed by atoms with E-state index in [2.05, 4.69) is 20.9 Å². The van der Waals surface area contributed by atoms with Crippen molar-refractivity contribution in [1.82, 2.24) is 9.88 Å². The molecule has 0 bridgehead atoms. The normalized spacial score (nSPS) is 17.8. The first kappa shape index (κ1) is 27.0. The van der Waals surface area contributed by atoms with Crippen molar-refractivity contribution in [2.75, 3.05) is 32.9 Å². The highest BCUT2D eigenvalue weighted by Gasteiger charge is 2.56. The third-order valence-corrected chi connectivity index (χ3v) is 7.90. The van der Waals surface area contributed by atoms with Gasteiger partial charge >= 0.3 is 6.18 Å². The van der Waals surface area contributed by atoms with Gasteiger partial charge in [0.05, 0.1) is 19.8 Å². The molecule has 2 aliphatic rings. The maximum atomic E-state index is 14.5. The van der Waals surface area contributed by atoms with E-state index in [1.165, 1.54) is 0 Å². The molecule has 6 nitrogen and oxygen atoms in total. The number of carbonyl (C=O) groups excluding carboxylic acids is 1. The summed E-state index contributed by atoms with van der Waals surface area (Å²) in [7, 11) is 0. The molecule has 1 aromatic heterocycles. The number of aromatic amines is 1. The van der Waals surface area contributed by atoms with E-state index >= 15 is 0 Å². The molecule has 10 heteroatoms. The van der Waals surface area contributed by atoms with Crippen LogP contribution in [0.3, 0.4) is 0 Å². The molecule has 2 N–H and O–H groups in total. The van der Waals surface area contributed by atoms with Crippen molar-refractivity contribution < 1.29 is 32.5 Å². The molecule has 0 saturated carbocycles. The highest BCUT2D eigenvalue weighted by Crippen LogP contribution is 2.47. The van der Waals surface area contributed by atoms with Crippen molar-refractivity contribution >= 4 is 32.7 Å². The van der Waals surface area contributed by atoms with Crippen LogP contribution in [0.25, 0.3) is 10.9 Å². The van der Waals surface area contributed by atoms with Gasteiger partial charge in [-0.15, -0.1) is 0 Å². The number of alkyl halides is 3. The molecule has 5 rings (SSSR count). The van der Waals surface area contributed by atoms with E-state index in [0.717, 1.165) is 10.0 Å². The maximum Gasteiger partial charge on any atom is 0.417 e. The average molecular weight is 595 g/mol. The van der Waals surface area contributed by atoms with Crippen LogP contribution in [0, 0.1) is 0 Å². The number of halogens is 4. The van der Waals surface area contributed by atoms with Gasteiger partial charge in [-0.25, -0.2) is 0 Å². The van der Waals surface area contributed by atoms with Gasteiger partial charge in [0, 0.05) is 58.1 Å². The number of nitrogens with zero attached hydrogens (tertiary/aromatic N) is 1. The number of hydrogen-bond donors (Lipinski definition) is 2. The third-order valence-electron chi connectivity index (χ3n) is 7.44. The Bertz CT molecular complexity index is 1360. The fourth-order valence-electron chi connectivity index (χ4n) is 5.55. The zero-order valence-electron chi connectivity index (χ0n) is 21.3. The number of ether oxygens (including phenoxy) is 2. The molecule has 0 aliphatic carbocycles. The number of hydrogen-bond acceptors (Lipinski definition) is 4. The van der Waals surface area contributed by atoms with E-state index in [4.69, 9.17) is 9.47 Å². The lowest BCUT2D eigenvalue weighted by Gasteiger charge is -2.38. The van der Waals surface area contributed by atoms with Gasteiger partial charge in [0.2, 0.25) is 0 Å². The quantitative estimate of drug-likeness (QED) is 0.393. The Morgan fingerprint density at radius 1 is 1.11 bits per heavy atom. The summed E-state index contributed by atoms with van der Waals surface area (Å²) in [5.41, 5.74) is -1.19. The molecule has 1 fully saturated rings. The van der Waals surface area contributed by atoms with Crippen LogP contribution in [0.1, 0.15) is 47.4 Å². The van der Waals surface area contributed by atoms with Crippen LogP contribution in [-0.4, -0.2) is 65.6 Å². The highest BCUT2D eigenvalue weighted by atomic mass is 79.9. The Labute approximate surface area is 227 Å². The van der Waals surface area contributed by atoms with Crippen LogP contribution in [0.2, 0.25) is 0 Å². The van der Waals surface area contributed by atoms with Gasteiger partial charge in [-0.3, -0.25) is 4.79 Å². The predicted molar refractivity (Wildman–Crippen MR) is 141 cm³/mol. The third kappa shape index (κ3) is 5.18. The molecule has 0 radical (unpaired) electrons. The largest absolute Gasteiger partial charge is 0.493 e. The summed E-state index contributed by atoms with van der Waals surface area (Å²) in [6, 6.07) is 10.3. The summed E-state index contributed by atoms with van der Waals surface area (Å²) >= 11 is 3.46. The van der Waals surface area contributed by atoms with Gasteiger partial charge < -0.3 is 24.5 Å². The summed E-state index contributed by atoms with van der Waals surface area (Å²) in [5.74, 6) is 0.459. The first-order chi connectivity index (χ1) is 17.9. The monoisotopic (exact) mass is 594 g/mol. The zero-order valence-corrected chi connectivity index (χ0v) is 22.8. The summed E-state index contributed by atoms with van der Waals surface area (Å²) in [4.78, 5) is 17.6. The molecule has 3 aromatic rings. The number of rotatable bonds is 6. The topological polar surface area (TPSA) is 74.8 Å². The number of amides is 1. The average Bonchev–Trinajstić information content (AvgIpc) is 3.48. The van der Waals surface area contributed by atoms with Crippen molar-refractivity contribution in [1.29, 1.82) is 0 Å². The summed E-state index contributed by atoms with van der Waals surface area (Å²) in [5, 5.41) is 11.8. The number of fused-ring (bicyclic) bond motifs is 2. The summed E-state index contributed by atoms with van der Waals surface area (Å²) in [6.07, 6.45) is -5.41. The fraction of sp³-hybridized carbons (Fsp3) is 0.464. The molecule has 2 aliphatic heterocycles. The van der Waals surface area contributed by atoms with E-state index in [0.29, 0.717) is 67.1 Å². The minimum Gasteiger partial charge on any atom is -0.493 e. The van der Waals surface area contributed by atoms with Gasteiger partial charge in [-0.05, 0) is 53.8 Å². The minimum absolute atomic E-state index is 0.143. The van der Waals surface area contributed by atoms with Gasteiger partial charge in [0.1, 0.15) is 5.75 Å². The molecular formula is C28H30BrF3N2O4. The van der Waals surface area contributed by atoms with E-state index in [9.17, 15) is 23.1 Å². The Hall–Kier alpha value is -2.56. The molecule has 3 heterocycles. The first-order valence-electron chi connectivity index (χ1n) is 12.6. The van der Waals surface area contributed by atoms with E-state index < -0.39 is 30.0 Å². The van der Waals surface area contributed by atoms with Gasteiger partial charge in [-0.1, -0.05) is 29.8 Å². The SMILES string of the molecule is CC(C)(CC(O)(Cc1cc2cc(C(=O)N3CCOCC3)ccc2[nH]1)C(F)(F)F)c1cc(Br)cc2c1OCC2. The van der Waals surface area contributed by atoms with Gasteiger partial charge in [0.15, 0.2) is 5.60 Å². The Morgan fingerprint density at radius 2 is 1.84 bits per heavy atom. The van der Waals surface area contributed by atoms with Crippen molar-refractivity contribution in [3.05, 3.63) is 63.3 Å². The number of H-pyrrole nitrogens is 1. The highest BCUT2D eigenvalue weighted by molar-refractivity contribution is 9.10. The van der Waals surface area contributed by atoms with Crippen molar-refractivity contribution in [2.45, 2.75) is 50.3 Å². The van der Waals surface area contributed by atoms with Crippen LogP contribution in [0.4, 0.5) is 13.2 Å². The number of benzene rings is 2. The molecule has 0 spiro atoms. The molecule has 38 heavy (non-hydrogen) atoms. The molecule has 204 valence electrons. The van der Waals surface area contributed by atoms with Crippen molar-refractivity contribution in [3.8, 4) is 5.75 Å². The van der Waals surface area contributed by atoms with Crippen LogP contribution >= 0.6 is 15.9 Å². The predicted octanol–water partition coefficient (Wildman–Crippen LogP) is 5.54. The van der Waals surface area contributed by atoms with Gasteiger partial charge in [-0.2, -0.15) is 13.2 Å². The molecule has 1 unspecified atom stereocenters. The second kappa shape index (κ2) is 9.88. The van der Waals surface area contributed by atoms with Crippen LogP contribution in [0.15, 0.2) is 40.9 Å². The maximum absolute atomic E-state index is 14.5. The molecule has 1 atom stereocenters. The fourth-order valence-corrected chi connectivity index (χ4v) is 6.05. The molecule has 1 saturated heterocycles. The van der Waals surface area contributed by atoms with Crippen LogP contribution < -0.4 is 4.74 Å². The number of nitrogens with one attached hydrogen (secondary N) is 1. The molecule has 1 amide bonds. The number of aliphatic hydroxyl groups is 1. The summed E-state index contributed by atoms with van der Waals surface area (Å²) < 4.78 is 55.2. The lowest BCUT2D eigenvalue weighted by atomic mass is 9.73. The Morgan fingerprint density at radius 3 is 2.55 bits per heavy atom. The number of morpholine rings is 1. The summed E-state index contributed by atoms with van der Waals surface area (Å²) in [6.45, 7) is 5.81. The minimum atomic E-state index is -4.88. The van der Waals surface area contributed by atoms with Crippen molar-refractivity contribution in [2.24, 2.45) is 0 Å². The number of carbonyl (C=O) groups is 1. The van der Waals surface area contributed by atoms with Gasteiger partial charge in [0.25, 0.3) is 5.91 Å². The molecule has 2 aromatic carbocycles. The van der Waals surface area contributed by atoms with Crippen LogP contribution in [0.5, 0.6) is 5.75 Å². The standard InChI is InChI=1S/C28H30BrF3N2O4/c1-26(2,22-14-20(29)12-17-5-8-38-24(17)22)16-27(36,28(30,31)32)15-21-13-19-11-18(3-4-23(19)33-21)25(35)34-6-9-37-10-7-34/h3-4,11-14,33,36H,5-10,15-16H2,1-2H3. The lowest BCUT2D eigenvalue weighted by Crippen LogP contribution is -2.51. The first-order valence-corrected chi connectivity index (χ1v) is 13.4. The smallest absolute Gasteiger partial charge is 0.417 e. The Balaban J connectivity index is 1.43. The zero-order chi connectivity index (χ0) is 27.3. The molecular weight excluding hydrogens is 565 g/mol. The second-order valence-corrected chi connectivity index (χ2v) is 11.7. The van der Waals surface area contributed by atoms with E-state index in [1.54, 1.807) is 49.1 Å². The van der Waals surface area contributed by atoms with Crippen LogP contribution in [-0.2, 0) is 23.0 Å². The second-order valence-electron chi connectivity index (χ2n) is 10.8. The lowest BCUT2D eigenvalue weighted by molar-refractivity contribution is -0.266. The Kier molecular flexibility index (Phi) is 7.02. The van der Waals surface area contributed by atoms with E-state index in [1.807, 2.05) is 6.07 Å². The number of aromatic nitrogens is 1. The van der Waals surface area contributed by atoms with E-state index in [-0.39, 0.29) is 11.6 Å².